The van der Waals surface area contributed by atoms with E-state index in [0.29, 0.717) is 26.4 Å². The van der Waals surface area contributed by atoms with Crippen LogP contribution in [0.5, 0.6) is 0 Å². The van der Waals surface area contributed by atoms with Gasteiger partial charge in [0.1, 0.15) is 16.8 Å². The van der Waals surface area contributed by atoms with E-state index < -0.39 is 5.91 Å². The van der Waals surface area contributed by atoms with Crippen LogP contribution < -0.4 is 16.4 Å². The van der Waals surface area contributed by atoms with Crippen molar-refractivity contribution in [3.05, 3.63) is 86.2 Å². The average Bonchev–Trinajstić information content (AvgIpc) is 3.35. The zero-order chi connectivity index (χ0) is 26.8. The maximum absolute atomic E-state index is 13.4. The lowest BCUT2D eigenvalue weighted by Gasteiger charge is -2.14. The molecule has 5 aromatic rings. The van der Waals surface area contributed by atoms with Crippen molar-refractivity contribution in [2.24, 2.45) is 0 Å². The third-order valence-electron chi connectivity index (χ3n) is 5.83. The second kappa shape index (κ2) is 11.0. The molecule has 0 aliphatic carbocycles. The number of benzene rings is 1. The van der Waals surface area contributed by atoms with Crippen LogP contribution in [0.4, 0.5) is 5.13 Å². The molecule has 0 fully saturated rings. The quantitative estimate of drug-likeness (QED) is 0.164. The van der Waals surface area contributed by atoms with Crippen molar-refractivity contribution in [2.75, 3.05) is 19.0 Å². The normalized spacial score (nSPS) is 11.3. The molecule has 0 atom stereocenters. The minimum Gasteiger partial charge on any atom is -0.383 e. The molecule has 10 nitrogen and oxygen atoms in total. The van der Waals surface area contributed by atoms with Crippen molar-refractivity contribution in [1.82, 2.24) is 24.1 Å². The highest BCUT2D eigenvalue weighted by molar-refractivity contribution is 8.00. The van der Waals surface area contributed by atoms with Crippen molar-refractivity contribution < 1.29 is 9.53 Å². The Morgan fingerprint density at radius 3 is 2.82 bits per heavy atom. The predicted octanol–water partition coefficient (Wildman–Crippen LogP) is 4.13. The zero-order valence-corrected chi connectivity index (χ0v) is 22.8. The SMILES string of the molecule is COCCn1c(=N)c(C(=O)Nc2nnc(SCc3ccccc3Cl)s2)cc2c(=O)n3cccc(C)c3nc21. The molecular weight excluding hydrogens is 546 g/mol. The van der Waals surface area contributed by atoms with E-state index in [0.717, 1.165) is 11.1 Å². The molecule has 13 heteroatoms. The Balaban J connectivity index is 1.48. The van der Waals surface area contributed by atoms with Crippen LogP contribution in [0, 0.1) is 12.3 Å². The van der Waals surface area contributed by atoms with Gasteiger partial charge in [-0.3, -0.25) is 24.7 Å². The number of nitrogens with zero attached hydrogens (tertiary/aromatic N) is 5. The first-order valence-electron chi connectivity index (χ1n) is 11.5. The number of aryl methyl sites for hydroxylation is 1. The number of carbonyl (C=O) groups is 1. The topological polar surface area (TPSA) is 127 Å². The summed E-state index contributed by atoms with van der Waals surface area (Å²) in [6, 6.07) is 12.6. The first-order chi connectivity index (χ1) is 18.4. The second-order valence-corrected chi connectivity index (χ2v) is 10.9. The first-order valence-corrected chi connectivity index (χ1v) is 13.7. The van der Waals surface area contributed by atoms with Gasteiger partial charge in [0.05, 0.1) is 17.6 Å². The van der Waals surface area contributed by atoms with E-state index in [1.54, 1.807) is 19.4 Å². The molecule has 38 heavy (non-hydrogen) atoms. The van der Waals surface area contributed by atoms with E-state index in [4.69, 9.17) is 21.7 Å². The highest BCUT2D eigenvalue weighted by Gasteiger charge is 2.19. The fourth-order valence-corrected chi connectivity index (χ4v) is 5.94. The summed E-state index contributed by atoms with van der Waals surface area (Å²) >= 11 is 8.89. The Labute approximate surface area is 229 Å². The number of hydrogen-bond donors (Lipinski definition) is 2. The van der Waals surface area contributed by atoms with Crippen LogP contribution in [0.2, 0.25) is 5.02 Å². The van der Waals surface area contributed by atoms with Gasteiger partial charge in [-0.25, -0.2) is 4.98 Å². The van der Waals surface area contributed by atoms with Gasteiger partial charge in [-0.1, -0.05) is 59.0 Å². The molecule has 0 aliphatic heterocycles. The third-order valence-corrected chi connectivity index (χ3v) is 8.22. The number of carbonyl (C=O) groups excluding carboxylic acids is 1. The van der Waals surface area contributed by atoms with Gasteiger partial charge >= 0.3 is 0 Å². The van der Waals surface area contributed by atoms with E-state index in [-0.39, 0.29) is 40.3 Å². The molecule has 2 N–H and O–H groups in total. The van der Waals surface area contributed by atoms with Gasteiger partial charge in [-0.15, -0.1) is 10.2 Å². The Morgan fingerprint density at radius 1 is 1.21 bits per heavy atom. The largest absolute Gasteiger partial charge is 0.383 e. The lowest BCUT2D eigenvalue weighted by Crippen LogP contribution is -2.33. The van der Waals surface area contributed by atoms with E-state index in [9.17, 15) is 9.59 Å². The summed E-state index contributed by atoms with van der Waals surface area (Å²) in [6.45, 7) is 2.37. The number of halogens is 1. The van der Waals surface area contributed by atoms with Gasteiger partial charge in [0, 0.05) is 30.6 Å². The Bertz CT molecular complexity index is 1800. The number of fused-ring (bicyclic) bond motifs is 2. The van der Waals surface area contributed by atoms with Gasteiger partial charge in [-0.05, 0) is 36.2 Å². The summed E-state index contributed by atoms with van der Waals surface area (Å²) in [5, 5.41) is 20.9. The number of thioether (sulfide) groups is 1. The standard InChI is InChI=1S/C25H22ClN7O3S2/c1-14-6-5-9-33-20(14)28-21-17(23(33)35)12-16(19(27)32(21)10-11-36-2)22(34)29-24-30-31-25(38-24)37-13-15-7-3-4-8-18(15)26/h3-9,12,27H,10-11,13H2,1-2H3,(H,29,30,34). The Morgan fingerprint density at radius 2 is 2.03 bits per heavy atom. The van der Waals surface area contributed by atoms with Crippen molar-refractivity contribution >= 4 is 62.4 Å². The lowest BCUT2D eigenvalue weighted by atomic mass is 10.2. The van der Waals surface area contributed by atoms with E-state index in [2.05, 4.69) is 20.5 Å². The zero-order valence-electron chi connectivity index (χ0n) is 20.4. The van der Waals surface area contributed by atoms with E-state index >= 15 is 0 Å². The fourth-order valence-electron chi connectivity index (χ4n) is 3.91. The number of nitrogens with one attached hydrogen (secondary N) is 2. The predicted molar refractivity (Wildman–Crippen MR) is 148 cm³/mol. The molecule has 0 spiro atoms. The summed E-state index contributed by atoms with van der Waals surface area (Å²) in [6.07, 6.45) is 1.63. The van der Waals surface area contributed by atoms with Gasteiger partial charge in [0.15, 0.2) is 4.34 Å². The Kier molecular flexibility index (Phi) is 7.56. The maximum atomic E-state index is 13.4. The number of aromatic nitrogens is 5. The first kappa shape index (κ1) is 26.0. The van der Waals surface area contributed by atoms with Gasteiger partial charge < -0.3 is 9.30 Å². The molecule has 4 heterocycles. The number of pyridine rings is 2. The second-order valence-electron chi connectivity index (χ2n) is 8.30. The average molecular weight is 568 g/mol. The highest BCUT2D eigenvalue weighted by Crippen LogP contribution is 2.30. The molecular formula is C25H22ClN7O3S2. The van der Waals surface area contributed by atoms with Crippen LogP contribution in [0.25, 0.3) is 16.7 Å². The maximum Gasteiger partial charge on any atom is 0.267 e. The summed E-state index contributed by atoms with van der Waals surface area (Å²) < 4.78 is 8.83. The molecule has 0 radical (unpaired) electrons. The van der Waals surface area contributed by atoms with Crippen LogP contribution in [0.15, 0.2) is 57.8 Å². The molecule has 4 aromatic heterocycles. The number of methoxy groups -OCH3 is 1. The summed E-state index contributed by atoms with van der Waals surface area (Å²) in [7, 11) is 1.54. The molecule has 0 aliphatic rings. The fraction of sp³-hybridized carbons (Fsp3) is 0.200. The number of anilines is 1. The van der Waals surface area contributed by atoms with Gasteiger partial charge in [0.2, 0.25) is 5.13 Å². The highest BCUT2D eigenvalue weighted by atomic mass is 35.5. The van der Waals surface area contributed by atoms with Crippen molar-refractivity contribution in [3.63, 3.8) is 0 Å². The smallest absolute Gasteiger partial charge is 0.267 e. The molecule has 0 saturated heterocycles. The van der Waals surface area contributed by atoms with Crippen molar-refractivity contribution in [1.29, 1.82) is 5.41 Å². The number of hydrogen-bond acceptors (Lipinski definition) is 9. The van der Waals surface area contributed by atoms with E-state index in [1.807, 2.05) is 37.3 Å². The number of ether oxygens (including phenoxy) is 1. The molecule has 1 amide bonds. The number of amides is 1. The van der Waals surface area contributed by atoms with Crippen LogP contribution in [0.1, 0.15) is 21.5 Å². The molecule has 0 bridgehead atoms. The van der Waals surface area contributed by atoms with Crippen molar-refractivity contribution in [2.45, 2.75) is 23.6 Å². The summed E-state index contributed by atoms with van der Waals surface area (Å²) in [5.74, 6) is 0.0313. The molecule has 0 unspecified atom stereocenters. The third kappa shape index (κ3) is 5.07. The summed E-state index contributed by atoms with van der Waals surface area (Å²) in [4.78, 5) is 31.3. The minimum absolute atomic E-state index is 0.0144. The molecule has 5 rings (SSSR count). The van der Waals surface area contributed by atoms with Crippen molar-refractivity contribution in [3.8, 4) is 0 Å². The minimum atomic E-state index is -0.574. The van der Waals surface area contributed by atoms with Crippen LogP contribution in [0.3, 0.4) is 0 Å². The lowest BCUT2D eigenvalue weighted by molar-refractivity contribution is 0.102. The molecule has 194 valence electrons. The van der Waals surface area contributed by atoms with Gasteiger partial charge in [0.25, 0.3) is 11.5 Å². The Hall–Kier alpha value is -3.58. The van der Waals surface area contributed by atoms with Crippen LogP contribution >= 0.6 is 34.7 Å². The molecule has 0 saturated carbocycles. The van der Waals surface area contributed by atoms with Crippen LogP contribution in [-0.4, -0.2) is 43.8 Å². The monoisotopic (exact) mass is 567 g/mol. The number of rotatable bonds is 8. The van der Waals surface area contributed by atoms with Crippen LogP contribution in [-0.2, 0) is 17.0 Å². The summed E-state index contributed by atoms with van der Waals surface area (Å²) in [5.41, 5.74) is 2.19. The molecule has 1 aromatic carbocycles. The van der Waals surface area contributed by atoms with E-state index in [1.165, 1.54) is 38.1 Å². The van der Waals surface area contributed by atoms with Gasteiger partial charge in [-0.2, -0.15) is 0 Å².